The largest absolute Gasteiger partial charge is 0.444 e. The quantitative estimate of drug-likeness (QED) is 0.808. The molecule has 4 nitrogen and oxygen atoms in total. The SMILES string of the molecule is CC1(NCC2CC=CCC2)CCN(C(=O)OC(C)(C)C)CC1. The fraction of sp³-hybridized carbons (Fsp3) is 0.833. The van der Waals surface area contributed by atoms with Crippen molar-refractivity contribution in [2.75, 3.05) is 19.6 Å². The minimum atomic E-state index is -0.412. The lowest BCUT2D eigenvalue weighted by molar-refractivity contribution is 0.0155. The van der Waals surface area contributed by atoms with Crippen LogP contribution in [-0.2, 0) is 4.74 Å². The molecule has 1 heterocycles. The number of carbonyl (C=O) groups is 1. The van der Waals surface area contributed by atoms with Gasteiger partial charge in [-0.3, -0.25) is 0 Å². The van der Waals surface area contributed by atoms with Gasteiger partial charge < -0.3 is 15.0 Å². The second-order valence-corrected chi connectivity index (χ2v) is 8.06. The van der Waals surface area contributed by atoms with Crippen molar-refractivity contribution >= 4 is 6.09 Å². The molecule has 0 aromatic rings. The highest BCUT2D eigenvalue weighted by Crippen LogP contribution is 2.25. The van der Waals surface area contributed by atoms with Crippen LogP contribution in [0, 0.1) is 5.92 Å². The van der Waals surface area contributed by atoms with Gasteiger partial charge in [0.1, 0.15) is 5.60 Å². The number of allylic oxidation sites excluding steroid dienone is 2. The van der Waals surface area contributed by atoms with E-state index < -0.39 is 5.60 Å². The van der Waals surface area contributed by atoms with E-state index in [0.29, 0.717) is 0 Å². The Labute approximate surface area is 135 Å². The molecule has 2 rings (SSSR count). The first kappa shape index (κ1) is 17.3. The average molecular weight is 308 g/mol. The van der Waals surface area contributed by atoms with E-state index in [1.165, 1.54) is 19.3 Å². The van der Waals surface area contributed by atoms with Crippen LogP contribution in [0.15, 0.2) is 12.2 Å². The molecule has 0 radical (unpaired) electrons. The van der Waals surface area contributed by atoms with Crippen molar-refractivity contribution in [2.24, 2.45) is 5.92 Å². The van der Waals surface area contributed by atoms with Crippen LogP contribution >= 0.6 is 0 Å². The zero-order chi connectivity index (χ0) is 16.2. The highest BCUT2D eigenvalue weighted by atomic mass is 16.6. The lowest BCUT2D eigenvalue weighted by atomic mass is 9.87. The van der Waals surface area contributed by atoms with Gasteiger partial charge in [-0.05, 0) is 72.3 Å². The lowest BCUT2D eigenvalue weighted by Crippen LogP contribution is -2.54. The third kappa shape index (κ3) is 5.31. The van der Waals surface area contributed by atoms with Crippen LogP contribution in [0.1, 0.15) is 59.8 Å². The Kier molecular flexibility index (Phi) is 5.54. The number of hydrogen-bond donors (Lipinski definition) is 1. The summed E-state index contributed by atoms with van der Waals surface area (Å²) in [5.41, 5.74) is -0.260. The molecule has 0 saturated carbocycles. The number of piperidine rings is 1. The van der Waals surface area contributed by atoms with Crippen LogP contribution in [0.25, 0.3) is 0 Å². The first-order chi connectivity index (χ1) is 10.3. The van der Waals surface area contributed by atoms with E-state index in [4.69, 9.17) is 4.74 Å². The maximum atomic E-state index is 12.1. The van der Waals surface area contributed by atoms with Crippen LogP contribution in [0.3, 0.4) is 0 Å². The molecule has 1 unspecified atom stereocenters. The third-order valence-electron chi connectivity index (χ3n) is 4.71. The van der Waals surface area contributed by atoms with Crippen molar-refractivity contribution in [1.29, 1.82) is 0 Å². The maximum Gasteiger partial charge on any atom is 0.410 e. The topological polar surface area (TPSA) is 41.6 Å². The van der Waals surface area contributed by atoms with E-state index in [2.05, 4.69) is 24.4 Å². The molecule has 1 saturated heterocycles. The van der Waals surface area contributed by atoms with Crippen LogP contribution in [0.4, 0.5) is 4.79 Å². The van der Waals surface area contributed by atoms with Crippen molar-refractivity contribution in [3.63, 3.8) is 0 Å². The van der Waals surface area contributed by atoms with Crippen molar-refractivity contribution in [2.45, 2.75) is 70.9 Å². The summed E-state index contributed by atoms with van der Waals surface area (Å²) in [6.45, 7) is 10.7. The van der Waals surface area contributed by atoms with E-state index in [0.717, 1.165) is 38.4 Å². The Bertz CT molecular complexity index is 404. The molecule has 1 aliphatic carbocycles. The molecule has 0 aromatic heterocycles. The molecule has 1 N–H and O–H groups in total. The second-order valence-electron chi connectivity index (χ2n) is 8.06. The molecular formula is C18H32N2O2. The molecule has 4 heteroatoms. The first-order valence-corrected chi connectivity index (χ1v) is 8.65. The number of carbonyl (C=O) groups excluding carboxylic acids is 1. The van der Waals surface area contributed by atoms with E-state index in [1.807, 2.05) is 25.7 Å². The summed E-state index contributed by atoms with van der Waals surface area (Å²) in [5.74, 6) is 0.769. The zero-order valence-electron chi connectivity index (χ0n) is 14.7. The summed E-state index contributed by atoms with van der Waals surface area (Å²) in [6.07, 6.45) is 10.1. The second kappa shape index (κ2) is 7.03. The highest BCUT2D eigenvalue weighted by molar-refractivity contribution is 5.68. The maximum absolute atomic E-state index is 12.1. The van der Waals surface area contributed by atoms with Gasteiger partial charge in [0.05, 0.1) is 0 Å². The van der Waals surface area contributed by atoms with E-state index in [1.54, 1.807) is 0 Å². The van der Waals surface area contributed by atoms with Crippen molar-refractivity contribution in [3.8, 4) is 0 Å². The van der Waals surface area contributed by atoms with Crippen molar-refractivity contribution in [3.05, 3.63) is 12.2 Å². The van der Waals surface area contributed by atoms with E-state index in [-0.39, 0.29) is 11.6 Å². The third-order valence-corrected chi connectivity index (χ3v) is 4.71. The number of nitrogens with one attached hydrogen (secondary N) is 1. The fourth-order valence-corrected chi connectivity index (χ4v) is 3.12. The predicted molar refractivity (Wildman–Crippen MR) is 89.9 cm³/mol. The number of likely N-dealkylation sites (tertiary alicyclic amines) is 1. The molecule has 0 bridgehead atoms. The van der Waals surface area contributed by atoms with Gasteiger partial charge in [-0.1, -0.05) is 12.2 Å². The lowest BCUT2D eigenvalue weighted by Gasteiger charge is -2.41. The Hall–Kier alpha value is -1.03. The Morgan fingerprint density at radius 2 is 2.00 bits per heavy atom. The number of nitrogens with zero attached hydrogens (tertiary/aromatic N) is 1. The minimum absolute atomic E-state index is 0.152. The van der Waals surface area contributed by atoms with Gasteiger partial charge in [0.15, 0.2) is 0 Å². The van der Waals surface area contributed by atoms with Crippen molar-refractivity contribution < 1.29 is 9.53 Å². The molecule has 126 valence electrons. The van der Waals surface area contributed by atoms with Gasteiger partial charge in [-0.25, -0.2) is 4.79 Å². The minimum Gasteiger partial charge on any atom is -0.444 e. The van der Waals surface area contributed by atoms with Gasteiger partial charge >= 0.3 is 6.09 Å². The first-order valence-electron chi connectivity index (χ1n) is 8.65. The monoisotopic (exact) mass is 308 g/mol. The molecule has 0 aromatic carbocycles. The average Bonchev–Trinajstić information content (AvgIpc) is 2.45. The number of amides is 1. The highest BCUT2D eigenvalue weighted by Gasteiger charge is 2.33. The number of ether oxygens (including phenoxy) is 1. The normalized spacial score (nSPS) is 25.1. The molecule has 1 amide bonds. The van der Waals surface area contributed by atoms with Gasteiger partial charge in [0, 0.05) is 18.6 Å². The molecule has 2 aliphatic rings. The number of hydrogen-bond acceptors (Lipinski definition) is 3. The summed E-state index contributed by atoms with van der Waals surface area (Å²) in [4.78, 5) is 14.0. The molecule has 0 spiro atoms. The molecule has 22 heavy (non-hydrogen) atoms. The van der Waals surface area contributed by atoms with Crippen LogP contribution < -0.4 is 5.32 Å². The summed E-state index contributed by atoms with van der Waals surface area (Å²) >= 11 is 0. The Balaban J connectivity index is 1.75. The zero-order valence-corrected chi connectivity index (χ0v) is 14.7. The van der Waals surface area contributed by atoms with Gasteiger partial charge in [0.2, 0.25) is 0 Å². The van der Waals surface area contributed by atoms with Crippen LogP contribution in [0.2, 0.25) is 0 Å². The fourth-order valence-electron chi connectivity index (χ4n) is 3.12. The smallest absolute Gasteiger partial charge is 0.410 e. The van der Waals surface area contributed by atoms with E-state index >= 15 is 0 Å². The molecule has 1 fully saturated rings. The summed E-state index contributed by atoms with van der Waals surface area (Å²) in [6, 6.07) is 0. The van der Waals surface area contributed by atoms with Crippen molar-refractivity contribution in [1.82, 2.24) is 10.2 Å². The van der Waals surface area contributed by atoms with Crippen LogP contribution in [0.5, 0.6) is 0 Å². The molecule has 1 atom stereocenters. The number of rotatable bonds is 3. The van der Waals surface area contributed by atoms with Gasteiger partial charge in [-0.15, -0.1) is 0 Å². The molecule has 1 aliphatic heterocycles. The van der Waals surface area contributed by atoms with Crippen LogP contribution in [-0.4, -0.2) is 41.8 Å². The molecular weight excluding hydrogens is 276 g/mol. The predicted octanol–water partition coefficient (Wildman–Crippen LogP) is 3.72. The standard InChI is InChI=1S/C18H32N2O2/c1-17(2,3)22-16(21)20-12-10-18(4,11-13-20)19-14-15-8-6-5-7-9-15/h5-6,15,19H,7-14H2,1-4H3. The van der Waals surface area contributed by atoms with Gasteiger partial charge in [0.25, 0.3) is 0 Å². The van der Waals surface area contributed by atoms with E-state index in [9.17, 15) is 4.79 Å². The Morgan fingerprint density at radius 1 is 1.32 bits per heavy atom. The van der Waals surface area contributed by atoms with Gasteiger partial charge in [-0.2, -0.15) is 0 Å². The summed E-state index contributed by atoms with van der Waals surface area (Å²) < 4.78 is 5.46. The Morgan fingerprint density at radius 3 is 2.55 bits per heavy atom. The summed E-state index contributed by atoms with van der Waals surface area (Å²) in [7, 11) is 0. The summed E-state index contributed by atoms with van der Waals surface area (Å²) in [5, 5.41) is 3.76.